The Morgan fingerprint density at radius 3 is 2.29 bits per heavy atom. The molecule has 0 aliphatic heterocycles. The van der Waals surface area contributed by atoms with Crippen molar-refractivity contribution in [2.75, 3.05) is 5.75 Å². The Kier molecular flexibility index (Phi) is 6.25. The number of hydrogen-bond acceptors (Lipinski definition) is 4. The van der Waals surface area contributed by atoms with Crippen LogP contribution >= 0.6 is 27.7 Å². The number of nitrogens with two attached hydrogens (primary N) is 1. The van der Waals surface area contributed by atoms with Gasteiger partial charge in [0.2, 0.25) is 5.91 Å². The Morgan fingerprint density at radius 1 is 1.07 bits per heavy atom. The first kappa shape index (κ1) is 20.6. The van der Waals surface area contributed by atoms with E-state index in [-0.39, 0.29) is 11.3 Å². The standard InChI is InChI=1S/C21H23BrN4OS/c1-21(2,3)15-6-4-14(5-7-15)19-24-25-20(28-13-12-18(23)27)26(19)17-10-8-16(22)9-11-17/h4-11H,12-13H2,1-3H3,(H2,23,27). The normalized spacial score (nSPS) is 11.6. The number of hydrogen-bond donors (Lipinski definition) is 1. The average molecular weight is 459 g/mol. The number of carbonyl (C=O) groups excluding carboxylic acids is 1. The molecule has 0 saturated heterocycles. The monoisotopic (exact) mass is 458 g/mol. The zero-order valence-electron chi connectivity index (χ0n) is 16.1. The number of benzene rings is 2. The van der Waals surface area contributed by atoms with E-state index >= 15 is 0 Å². The molecule has 5 nitrogen and oxygen atoms in total. The van der Waals surface area contributed by atoms with Crippen molar-refractivity contribution in [1.82, 2.24) is 14.8 Å². The largest absolute Gasteiger partial charge is 0.370 e. The van der Waals surface area contributed by atoms with Gasteiger partial charge in [0.15, 0.2) is 11.0 Å². The second kappa shape index (κ2) is 8.49. The van der Waals surface area contributed by atoms with E-state index < -0.39 is 0 Å². The third-order valence-corrected chi connectivity index (χ3v) is 5.77. The quantitative estimate of drug-likeness (QED) is 0.529. The number of rotatable bonds is 6. The minimum Gasteiger partial charge on any atom is -0.370 e. The second-order valence-electron chi connectivity index (χ2n) is 7.51. The van der Waals surface area contributed by atoms with Crippen LogP contribution in [0.5, 0.6) is 0 Å². The van der Waals surface area contributed by atoms with E-state index in [4.69, 9.17) is 5.73 Å². The molecule has 3 rings (SSSR count). The van der Waals surface area contributed by atoms with Crippen LogP contribution in [-0.4, -0.2) is 26.4 Å². The molecule has 7 heteroatoms. The van der Waals surface area contributed by atoms with Crippen molar-refractivity contribution in [3.8, 4) is 17.1 Å². The molecular formula is C21H23BrN4OS. The van der Waals surface area contributed by atoms with Crippen molar-refractivity contribution < 1.29 is 4.79 Å². The number of carbonyl (C=O) groups is 1. The van der Waals surface area contributed by atoms with Crippen LogP contribution in [0.1, 0.15) is 32.8 Å². The van der Waals surface area contributed by atoms with E-state index in [0.717, 1.165) is 26.7 Å². The van der Waals surface area contributed by atoms with Gasteiger partial charge >= 0.3 is 0 Å². The van der Waals surface area contributed by atoms with E-state index in [1.807, 2.05) is 28.8 Å². The van der Waals surface area contributed by atoms with Crippen LogP contribution in [0, 0.1) is 0 Å². The molecule has 28 heavy (non-hydrogen) atoms. The molecule has 0 spiro atoms. The highest BCUT2D eigenvalue weighted by molar-refractivity contribution is 9.10. The lowest BCUT2D eigenvalue weighted by atomic mass is 9.87. The van der Waals surface area contributed by atoms with Crippen LogP contribution in [0.25, 0.3) is 17.1 Å². The number of primary amides is 1. The molecule has 3 aromatic rings. The van der Waals surface area contributed by atoms with Gasteiger partial charge in [-0.1, -0.05) is 72.7 Å². The third kappa shape index (κ3) is 4.83. The average Bonchev–Trinajstić information content (AvgIpc) is 3.05. The molecule has 1 amide bonds. The van der Waals surface area contributed by atoms with Gasteiger partial charge in [0.1, 0.15) is 0 Å². The lowest BCUT2D eigenvalue weighted by Crippen LogP contribution is -2.11. The topological polar surface area (TPSA) is 73.8 Å². The molecule has 0 unspecified atom stereocenters. The van der Waals surface area contributed by atoms with Gasteiger partial charge in [-0.15, -0.1) is 10.2 Å². The van der Waals surface area contributed by atoms with Crippen LogP contribution in [-0.2, 0) is 10.2 Å². The molecule has 0 atom stereocenters. The van der Waals surface area contributed by atoms with E-state index in [9.17, 15) is 4.79 Å². The van der Waals surface area contributed by atoms with Crippen molar-refractivity contribution in [2.45, 2.75) is 37.8 Å². The van der Waals surface area contributed by atoms with Crippen LogP contribution in [0.4, 0.5) is 0 Å². The molecule has 0 aliphatic rings. The van der Waals surface area contributed by atoms with Crippen molar-refractivity contribution in [2.24, 2.45) is 5.73 Å². The molecule has 0 fully saturated rings. The van der Waals surface area contributed by atoms with E-state index in [1.165, 1.54) is 17.3 Å². The Labute approximate surface area is 177 Å². The highest BCUT2D eigenvalue weighted by atomic mass is 79.9. The molecule has 2 N–H and O–H groups in total. The lowest BCUT2D eigenvalue weighted by Gasteiger charge is -2.19. The first-order valence-electron chi connectivity index (χ1n) is 8.99. The van der Waals surface area contributed by atoms with Gasteiger partial charge in [-0.2, -0.15) is 0 Å². The molecule has 0 bridgehead atoms. The summed E-state index contributed by atoms with van der Waals surface area (Å²) >= 11 is 4.95. The van der Waals surface area contributed by atoms with E-state index in [2.05, 4.69) is 71.2 Å². The molecule has 2 aromatic carbocycles. The Morgan fingerprint density at radius 2 is 1.71 bits per heavy atom. The molecule has 0 aliphatic carbocycles. The molecule has 1 heterocycles. The number of thioether (sulfide) groups is 1. The van der Waals surface area contributed by atoms with Gasteiger partial charge in [0.05, 0.1) is 0 Å². The maximum absolute atomic E-state index is 11.1. The summed E-state index contributed by atoms with van der Waals surface area (Å²) in [5.41, 5.74) is 8.58. The summed E-state index contributed by atoms with van der Waals surface area (Å²) < 4.78 is 3.02. The molecule has 1 aromatic heterocycles. The number of nitrogens with zero attached hydrogens (tertiary/aromatic N) is 3. The maximum Gasteiger partial charge on any atom is 0.218 e. The van der Waals surface area contributed by atoms with Crippen LogP contribution < -0.4 is 5.73 Å². The first-order valence-corrected chi connectivity index (χ1v) is 10.8. The summed E-state index contributed by atoms with van der Waals surface area (Å²) in [6.45, 7) is 6.58. The van der Waals surface area contributed by atoms with Crippen molar-refractivity contribution >= 4 is 33.6 Å². The Hall–Kier alpha value is -2.12. The highest BCUT2D eigenvalue weighted by Gasteiger charge is 2.18. The van der Waals surface area contributed by atoms with Crippen LogP contribution in [0.2, 0.25) is 0 Å². The van der Waals surface area contributed by atoms with Crippen LogP contribution in [0.3, 0.4) is 0 Å². The third-order valence-electron chi connectivity index (χ3n) is 4.31. The number of halogens is 1. The second-order valence-corrected chi connectivity index (χ2v) is 9.49. The lowest BCUT2D eigenvalue weighted by molar-refractivity contribution is -0.117. The SMILES string of the molecule is CC(C)(C)c1ccc(-c2nnc(SCCC(N)=O)n2-c2ccc(Br)cc2)cc1. The zero-order valence-corrected chi connectivity index (χ0v) is 18.5. The first-order chi connectivity index (χ1) is 13.3. The number of amides is 1. The fraction of sp³-hybridized carbons (Fsp3) is 0.286. The smallest absolute Gasteiger partial charge is 0.218 e. The fourth-order valence-electron chi connectivity index (χ4n) is 2.74. The summed E-state index contributed by atoms with van der Waals surface area (Å²) in [5, 5.41) is 9.55. The summed E-state index contributed by atoms with van der Waals surface area (Å²) in [7, 11) is 0. The summed E-state index contributed by atoms with van der Waals surface area (Å²) in [6, 6.07) is 16.4. The Bertz CT molecular complexity index is 960. The highest BCUT2D eigenvalue weighted by Crippen LogP contribution is 2.30. The molecular weight excluding hydrogens is 436 g/mol. The molecule has 146 valence electrons. The van der Waals surface area contributed by atoms with Crippen molar-refractivity contribution in [3.05, 3.63) is 58.6 Å². The Balaban J connectivity index is 2.01. The maximum atomic E-state index is 11.1. The van der Waals surface area contributed by atoms with Gasteiger partial charge in [-0.3, -0.25) is 9.36 Å². The van der Waals surface area contributed by atoms with Gasteiger partial charge in [-0.05, 0) is 35.2 Å². The fourth-order valence-corrected chi connectivity index (χ4v) is 3.91. The summed E-state index contributed by atoms with van der Waals surface area (Å²) in [5.74, 6) is 1.01. The predicted molar refractivity (Wildman–Crippen MR) is 118 cm³/mol. The predicted octanol–water partition coefficient (Wildman–Crippen LogP) is 4.96. The summed E-state index contributed by atoms with van der Waals surface area (Å²) in [4.78, 5) is 11.1. The molecule has 0 radical (unpaired) electrons. The molecule has 0 saturated carbocycles. The zero-order chi connectivity index (χ0) is 20.3. The van der Waals surface area contributed by atoms with Gasteiger partial charge < -0.3 is 5.73 Å². The van der Waals surface area contributed by atoms with Crippen molar-refractivity contribution in [1.29, 1.82) is 0 Å². The minimum absolute atomic E-state index is 0.0910. The van der Waals surface area contributed by atoms with Gasteiger partial charge in [0, 0.05) is 27.9 Å². The van der Waals surface area contributed by atoms with Gasteiger partial charge in [0.25, 0.3) is 0 Å². The summed E-state index contributed by atoms with van der Waals surface area (Å²) in [6.07, 6.45) is 0.299. The van der Waals surface area contributed by atoms with Gasteiger partial charge in [-0.25, -0.2) is 0 Å². The minimum atomic E-state index is -0.319. The van der Waals surface area contributed by atoms with E-state index in [0.29, 0.717) is 12.2 Å². The van der Waals surface area contributed by atoms with Crippen LogP contribution in [0.15, 0.2) is 58.2 Å². The van der Waals surface area contributed by atoms with E-state index in [1.54, 1.807) is 0 Å². The van der Waals surface area contributed by atoms with Crippen molar-refractivity contribution in [3.63, 3.8) is 0 Å². The number of aromatic nitrogens is 3.